The Morgan fingerprint density at radius 1 is 1.17 bits per heavy atom. The molecule has 1 aromatic carbocycles. The lowest BCUT2D eigenvalue weighted by Crippen LogP contribution is -2.41. The quantitative estimate of drug-likeness (QED) is 0.324. The molecule has 2 fully saturated rings. The van der Waals surface area contributed by atoms with Crippen molar-refractivity contribution in [3.63, 3.8) is 0 Å². The molecule has 2 aromatic rings. The van der Waals surface area contributed by atoms with Gasteiger partial charge in [0.2, 0.25) is 0 Å². The Balaban J connectivity index is 0.00000256. The molecule has 5 nitrogen and oxygen atoms in total. The highest BCUT2D eigenvalue weighted by Gasteiger charge is 2.44. The van der Waals surface area contributed by atoms with Crippen molar-refractivity contribution in [2.24, 2.45) is 4.99 Å². The van der Waals surface area contributed by atoms with Crippen LogP contribution in [0.1, 0.15) is 43.7 Å². The van der Waals surface area contributed by atoms with Gasteiger partial charge in [0, 0.05) is 37.8 Å². The highest BCUT2D eigenvalue weighted by molar-refractivity contribution is 14.0. The van der Waals surface area contributed by atoms with Crippen LogP contribution in [0.4, 0.5) is 10.2 Å². The Labute approximate surface area is 195 Å². The van der Waals surface area contributed by atoms with Crippen LogP contribution in [0.25, 0.3) is 0 Å². The van der Waals surface area contributed by atoms with E-state index in [-0.39, 0.29) is 35.2 Å². The summed E-state index contributed by atoms with van der Waals surface area (Å²) in [4.78, 5) is 11.6. The first kappa shape index (κ1) is 22.8. The summed E-state index contributed by atoms with van der Waals surface area (Å²) in [6.07, 6.45) is 6.51. The standard InChI is InChI=1S/C23H30FN5.HI/c1-2-25-22(28-17-23(9-10-23)19-6-5-7-20(24)15-19)27-16-18-8-11-26-21(14-18)29-12-3-4-13-29;/h5-8,11,14-15H,2-4,9-10,12-13,16-17H2,1H3,(H2,25,27,28);1H. The number of rotatable bonds is 7. The van der Waals surface area contributed by atoms with Crippen LogP contribution in [0.2, 0.25) is 0 Å². The minimum absolute atomic E-state index is 0. The third-order valence-corrected chi connectivity index (χ3v) is 5.89. The molecular formula is C23H31FIN5. The average Bonchev–Trinajstić information content (AvgIpc) is 3.33. The zero-order chi connectivity index (χ0) is 20.1. The summed E-state index contributed by atoms with van der Waals surface area (Å²) in [5, 5.41) is 6.80. The highest BCUT2D eigenvalue weighted by atomic mass is 127. The molecule has 1 aromatic heterocycles. The van der Waals surface area contributed by atoms with Crippen LogP contribution in [0.3, 0.4) is 0 Å². The fraction of sp³-hybridized carbons (Fsp3) is 0.478. The van der Waals surface area contributed by atoms with E-state index >= 15 is 0 Å². The number of nitrogens with zero attached hydrogens (tertiary/aromatic N) is 3. The molecule has 0 spiro atoms. The minimum atomic E-state index is -0.166. The maximum Gasteiger partial charge on any atom is 0.191 e. The zero-order valence-electron chi connectivity index (χ0n) is 17.5. The first-order chi connectivity index (χ1) is 14.2. The van der Waals surface area contributed by atoms with Crippen molar-refractivity contribution in [2.75, 3.05) is 31.1 Å². The lowest BCUT2D eigenvalue weighted by molar-refractivity contribution is 0.607. The van der Waals surface area contributed by atoms with Gasteiger partial charge in [-0.2, -0.15) is 0 Å². The molecule has 0 bridgehead atoms. The summed E-state index contributed by atoms with van der Waals surface area (Å²) in [5.74, 6) is 1.69. The number of hydrogen-bond acceptors (Lipinski definition) is 3. The number of hydrogen-bond donors (Lipinski definition) is 2. The summed E-state index contributed by atoms with van der Waals surface area (Å²) in [7, 11) is 0. The molecule has 2 heterocycles. The summed E-state index contributed by atoms with van der Waals surface area (Å²) >= 11 is 0. The molecule has 0 atom stereocenters. The van der Waals surface area contributed by atoms with Crippen molar-refractivity contribution < 1.29 is 4.39 Å². The smallest absolute Gasteiger partial charge is 0.191 e. The molecule has 1 aliphatic heterocycles. The summed E-state index contributed by atoms with van der Waals surface area (Å²) < 4.78 is 13.6. The molecule has 162 valence electrons. The number of anilines is 1. The molecule has 4 rings (SSSR count). The number of benzene rings is 1. The van der Waals surface area contributed by atoms with E-state index in [4.69, 9.17) is 4.99 Å². The highest BCUT2D eigenvalue weighted by Crippen LogP contribution is 2.47. The normalized spacial score (nSPS) is 17.4. The van der Waals surface area contributed by atoms with E-state index < -0.39 is 0 Å². The maximum atomic E-state index is 13.6. The van der Waals surface area contributed by atoms with Gasteiger partial charge in [-0.25, -0.2) is 14.4 Å². The van der Waals surface area contributed by atoms with Crippen LogP contribution in [0.15, 0.2) is 47.6 Å². The van der Waals surface area contributed by atoms with E-state index in [1.807, 2.05) is 18.3 Å². The molecule has 0 radical (unpaired) electrons. The Morgan fingerprint density at radius 2 is 1.97 bits per heavy atom. The van der Waals surface area contributed by atoms with Crippen molar-refractivity contribution in [3.05, 3.63) is 59.5 Å². The predicted octanol–water partition coefficient (Wildman–Crippen LogP) is 4.23. The van der Waals surface area contributed by atoms with Crippen LogP contribution in [0, 0.1) is 5.82 Å². The number of halogens is 2. The molecule has 1 saturated heterocycles. The second-order valence-corrected chi connectivity index (χ2v) is 8.06. The molecular weight excluding hydrogens is 492 g/mol. The van der Waals surface area contributed by atoms with Gasteiger partial charge in [-0.3, -0.25) is 0 Å². The van der Waals surface area contributed by atoms with Gasteiger partial charge < -0.3 is 15.5 Å². The van der Waals surface area contributed by atoms with Gasteiger partial charge in [0.05, 0.1) is 6.54 Å². The van der Waals surface area contributed by atoms with Gasteiger partial charge in [0.25, 0.3) is 0 Å². The number of aliphatic imine (C=N–C) groups is 1. The summed E-state index contributed by atoms with van der Waals surface area (Å²) in [5.41, 5.74) is 2.26. The number of pyridine rings is 1. The van der Waals surface area contributed by atoms with Crippen LogP contribution in [-0.4, -0.2) is 37.1 Å². The van der Waals surface area contributed by atoms with Crippen molar-refractivity contribution in [2.45, 2.75) is 44.6 Å². The largest absolute Gasteiger partial charge is 0.357 e. The first-order valence-electron chi connectivity index (χ1n) is 10.7. The number of nitrogens with one attached hydrogen (secondary N) is 2. The van der Waals surface area contributed by atoms with Crippen molar-refractivity contribution >= 4 is 35.8 Å². The van der Waals surface area contributed by atoms with E-state index in [9.17, 15) is 4.39 Å². The number of aromatic nitrogens is 1. The second-order valence-electron chi connectivity index (χ2n) is 8.06. The monoisotopic (exact) mass is 523 g/mol. The molecule has 0 unspecified atom stereocenters. The van der Waals surface area contributed by atoms with Gasteiger partial charge in [-0.15, -0.1) is 24.0 Å². The molecule has 1 aliphatic carbocycles. The van der Waals surface area contributed by atoms with Crippen molar-refractivity contribution in [1.82, 2.24) is 15.6 Å². The van der Waals surface area contributed by atoms with Crippen LogP contribution in [0.5, 0.6) is 0 Å². The van der Waals surface area contributed by atoms with Crippen LogP contribution in [-0.2, 0) is 12.0 Å². The lowest BCUT2D eigenvalue weighted by atomic mass is 9.96. The van der Waals surface area contributed by atoms with E-state index in [0.717, 1.165) is 61.9 Å². The minimum Gasteiger partial charge on any atom is -0.357 e. The van der Waals surface area contributed by atoms with Crippen LogP contribution < -0.4 is 15.5 Å². The van der Waals surface area contributed by atoms with Gasteiger partial charge in [-0.1, -0.05) is 12.1 Å². The number of guanidine groups is 1. The van der Waals surface area contributed by atoms with E-state index in [1.54, 1.807) is 12.1 Å². The first-order valence-corrected chi connectivity index (χ1v) is 10.7. The second kappa shape index (κ2) is 10.4. The Hall–Kier alpha value is -1.90. The summed E-state index contributed by atoms with van der Waals surface area (Å²) in [6, 6.07) is 11.2. The molecule has 7 heteroatoms. The fourth-order valence-electron chi connectivity index (χ4n) is 3.98. The Bertz CT molecular complexity index is 862. The maximum absolute atomic E-state index is 13.6. The van der Waals surface area contributed by atoms with E-state index in [2.05, 4.69) is 33.5 Å². The molecule has 30 heavy (non-hydrogen) atoms. The third kappa shape index (κ3) is 5.62. The lowest BCUT2D eigenvalue weighted by Gasteiger charge is -2.19. The molecule has 1 saturated carbocycles. The van der Waals surface area contributed by atoms with Crippen molar-refractivity contribution in [3.8, 4) is 0 Å². The molecule has 2 aliphatic rings. The van der Waals surface area contributed by atoms with Gasteiger partial charge in [-0.05, 0) is 68.0 Å². The van der Waals surface area contributed by atoms with Gasteiger partial charge >= 0.3 is 0 Å². The molecule has 0 amide bonds. The topological polar surface area (TPSA) is 52.6 Å². The third-order valence-electron chi connectivity index (χ3n) is 5.89. The van der Waals surface area contributed by atoms with Crippen LogP contribution >= 0.6 is 24.0 Å². The fourth-order valence-corrected chi connectivity index (χ4v) is 3.98. The zero-order valence-corrected chi connectivity index (χ0v) is 19.9. The van der Waals surface area contributed by atoms with E-state index in [0.29, 0.717) is 6.54 Å². The summed E-state index contributed by atoms with van der Waals surface area (Å²) in [6.45, 7) is 6.41. The Kier molecular flexibility index (Phi) is 7.91. The van der Waals surface area contributed by atoms with Gasteiger partial charge in [0.1, 0.15) is 11.6 Å². The molecule has 2 N–H and O–H groups in total. The van der Waals surface area contributed by atoms with Crippen molar-refractivity contribution in [1.29, 1.82) is 0 Å². The van der Waals surface area contributed by atoms with E-state index in [1.165, 1.54) is 18.9 Å². The average molecular weight is 523 g/mol. The van der Waals surface area contributed by atoms with Gasteiger partial charge in [0.15, 0.2) is 5.96 Å². The Morgan fingerprint density at radius 3 is 2.67 bits per heavy atom. The SMILES string of the molecule is CCNC(=NCc1ccnc(N2CCCC2)c1)NCC1(c2cccc(F)c2)CC1.I. The predicted molar refractivity (Wildman–Crippen MR) is 131 cm³/mol.